The number of thiophene rings is 1. The van der Waals surface area contributed by atoms with Crippen LogP contribution in [0.2, 0.25) is 0 Å². The highest BCUT2D eigenvalue weighted by molar-refractivity contribution is 7.21. The first-order valence-corrected chi connectivity index (χ1v) is 16.4. The number of hydrogen-bond donors (Lipinski definition) is 0. The van der Waals surface area contributed by atoms with Crippen LogP contribution in [0.15, 0.2) is 174 Å². The Morgan fingerprint density at radius 2 is 0.935 bits per heavy atom. The summed E-state index contributed by atoms with van der Waals surface area (Å²) in [6, 6.07) is 60.8. The fourth-order valence-corrected chi connectivity index (χ4v) is 8.03. The van der Waals surface area contributed by atoms with Crippen molar-refractivity contribution in [1.29, 1.82) is 0 Å². The number of benzene rings is 7. The quantitative estimate of drug-likeness (QED) is 0.190. The second kappa shape index (κ2) is 11.0. The lowest BCUT2D eigenvalue weighted by atomic mass is 9.92. The Kier molecular flexibility index (Phi) is 6.40. The fourth-order valence-electron chi connectivity index (χ4n) is 6.72. The van der Waals surface area contributed by atoms with Crippen LogP contribution in [0.5, 0.6) is 0 Å². The standard InChI is InChI=1S/C44H28OS/c1-3-13-29(14-4-1)31-17-11-18-33(27-31)43-37-20-7-8-21-38(37)44(46-43)39-26-25-32(28-40(39)30-15-5-2-6-16-30)34-22-12-23-36-35-19-9-10-24-41(35)45-42(34)36/h1-28H. The van der Waals surface area contributed by atoms with Crippen LogP contribution in [0.4, 0.5) is 0 Å². The van der Waals surface area contributed by atoms with Crippen molar-refractivity contribution in [3.8, 4) is 54.3 Å². The summed E-state index contributed by atoms with van der Waals surface area (Å²) in [5.74, 6) is 0. The molecule has 0 N–H and O–H groups in total. The van der Waals surface area contributed by atoms with Crippen molar-refractivity contribution in [3.05, 3.63) is 170 Å². The van der Waals surface area contributed by atoms with E-state index in [4.69, 9.17) is 4.42 Å². The Morgan fingerprint density at radius 3 is 1.74 bits per heavy atom. The summed E-state index contributed by atoms with van der Waals surface area (Å²) in [5, 5.41) is 4.85. The molecular formula is C44H28OS. The SMILES string of the molecule is c1ccc(-c2cccc(-c3sc(-c4ccc(-c5cccc6c5oc5ccccc56)cc4-c4ccccc4)c4ccccc34)c2)cc1. The van der Waals surface area contributed by atoms with Crippen LogP contribution in [0, 0.1) is 0 Å². The van der Waals surface area contributed by atoms with Crippen molar-refractivity contribution in [2.45, 2.75) is 0 Å². The summed E-state index contributed by atoms with van der Waals surface area (Å²) in [6.45, 7) is 0. The van der Waals surface area contributed by atoms with Gasteiger partial charge in [0.05, 0.1) is 0 Å². The molecule has 7 aromatic carbocycles. The molecule has 2 heteroatoms. The van der Waals surface area contributed by atoms with Crippen LogP contribution >= 0.6 is 11.3 Å². The first kappa shape index (κ1) is 26.7. The van der Waals surface area contributed by atoms with Gasteiger partial charge in [-0.1, -0.05) is 152 Å². The Hall–Kier alpha value is -5.70. The molecule has 2 aromatic heterocycles. The van der Waals surface area contributed by atoms with Crippen LogP contribution in [0.1, 0.15) is 0 Å². The van der Waals surface area contributed by atoms with E-state index < -0.39 is 0 Å². The van der Waals surface area contributed by atoms with E-state index in [9.17, 15) is 0 Å². The molecule has 0 bridgehead atoms. The molecule has 216 valence electrons. The van der Waals surface area contributed by atoms with Crippen LogP contribution in [-0.4, -0.2) is 0 Å². The molecule has 0 fully saturated rings. The summed E-state index contributed by atoms with van der Waals surface area (Å²) in [4.78, 5) is 2.57. The Labute approximate surface area is 271 Å². The van der Waals surface area contributed by atoms with Gasteiger partial charge in [0.25, 0.3) is 0 Å². The van der Waals surface area contributed by atoms with Crippen LogP contribution < -0.4 is 0 Å². The van der Waals surface area contributed by atoms with Gasteiger partial charge in [0, 0.05) is 42.4 Å². The number of para-hydroxylation sites is 2. The molecule has 0 spiro atoms. The minimum atomic E-state index is 0.916. The molecule has 0 atom stereocenters. The average Bonchev–Trinajstić information content (AvgIpc) is 3.71. The third-order valence-electron chi connectivity index (χ3n) is 8.92. The van der Waals surface area contributed by atoms with Gasteiger partial charge >= 0.3 is 0 Å². The molecule has 9 rings (SSSR count). The van der Waals surface area contributed by atoms with Crippen LogP contribution in [0.25, 0.3) is 87.0 Å². The zero-order valence-corrected chi connectivity index (χ0v) is 25.8. The van der Waals surface area contributed by atoms with E-state index in [1.54, 1.807) is 0 Å². The maximum Gasteiger partial charge on any atom is 0.143 e. The van der Waals surface area contributed by atoms with E-state index in [-0.39, 0.29) is 0 Å². The predicted octanol–water partition coefficient (Wildman–Crippen LogP) is 13.1. The van der Waals surface area contributed by atoms with E-state index >= 15 is 0 Å². The molecule has 0 saturated heterocycles. The first-order chi connectivity index (χ1) is 22.8. The molecule has 0 saturated carbocycles. The van der Waals surface area contributed by atoms with E-state index in [1.165, 1.54) is 53.9 Å². The molecule has 0 radical (unpaired) electrons. The topological polar surface area (TPSA) is 13.1 Å². The van der Waals surface area contributed by atoms with Crippen molar-refractivity contribution in [3.63, 3.8) is 0 Å². The lowest BCUT2D eigenvalue weighted by molar-refractivity contribution is 0.670. The average molecular weight is 605 g/mol. The minimum Gasteiger partial charge on any atom is -0.455 e. The maximum atomic E-state index is 6.45. The van der Waals surface area contributed by atoms with Crippen molar-refractivity contribution in [2.75, 3.05) is 0 Å². The van der Waals surface area contributed by atoms with E-state index in [1.807, 2.05) is 23.5 Å². The molecule has 0 amide bonds. The van der Waals surface area contributed by atoms with Gasteiger partial charge in [-0.05, 0) is 51.6 Å². The molecule has 0 aliphatic carbocycles. The Morgan fingerprint density at radius 1 is 0.326 bits per heavy atom. The number of fused-ring (bicyclic) bond motifs is 4. The molecule has 0 aliphatic heterocycles. The predicted molar refractivity (Wildman–Crippen MR) is 196 cm³/mol. The van der Waals surface area contributed by atoms with Gasteiger partial charge < -0.3 is 4.42 Å². The van der Waals surface area contributed by atoms with Crippen molar-refractivity contribution in [2.24, 2.45) is 0 Å². The van der Waals surface area contributed by atoms with Crippen molar-refractivity contribution >= 4 is 44.0 Å². The van der Waals surface area contributed by atoms with Gasteiger partial charge in [0.15, 0.2) is 0 Å². The Bertz CT molecular complexity index is 2520. The zero-order valence-electron chi connectivity index (χ0n) is 25.0. The summed E-state index contributed by atoms with van der Waals surface area (Å²) < 4.78 is 6.45. The van der Waals surface area contributed by atoms with Crippen molar-refractivity contribution < 1.29 is 4.42 Å². The minimum absolute atomic E-state index is 0.916. The van der Waals surface area contributed by atoms with Gasteiger partial charge in [0.2, 0.25) is 0 Å². The second-order valence-electron chi connectivity index (χ2n) is 11.7. The van der Waals surface area contributed by atoms with E-state index in [0.717, 1.165) is 33.1 Å². The van der Waals surface area contributed by atoms with Gasteiger partial charge in [-0.2, -0.15) is 0 Å². The fraction of sp³-hybridized carbons (Fsp3) is 0. The molecule has 1 nitrogen and oxygen atoms in total. The van der Waals surface area contributed by atoms with E-state index in [2.05, 4.69) is 158 Å². The third kappa shape index (κ3) is 4.46. The molecule has 0 aliphatic rings. The highest BCUT2D eigenvalue weighted by atomic mass is 32.1. The molecule has 0 unspecified atom stereocenters. The van der Waals surface area contributed by atoms with E-state index in [0.29, 0.717) is 0 Å². The normalized spacial score (nSPS) is 11.5. The molecule has 46 heavy (non-hydrogen) atoms. The lowest BCUT2D eigenvalue weighted by Crippen LogP contribution is -1.87. The highest BCUT2D eigenvalue weighted by Crippen LogP contribution is 2.48. The van der Waals surface area contributed by atoms with Crippen LogP contribution in [0.3, 0.4) is 0 Å². The molecule has 2 heterocycles. The van der Waals surface area contributed by atoms with Gasteiger partial charge in [-0.15, -0.1) is 11.3 Å². The van der Waals surface area contributed by atoms with Gasteiger partial charge in [-0.3, -0.25) is 0 Å². The van der Waals surface area contributed by atoms with Crippen LogP contribution in [-0.2, 0) is 0 Å². The summed E-state index contributed by atoms with van der Waals surface area (Å²) in [7, 11) is 0. The molecule has 9 aromatic rings. The summed E-state index contributed by atoms with van der Waals surface area (Å²) in [6.07, 6.45) is 0. The summed E-state index contributed by atoms with van der Waals surface area (Å²) >= 11 is 1.88. The van der Waals surface area contributed by atoms with Gasteiger partial charge in [0.1, 0.15) is 11.2 Å². The van der Waals surface area contributed by atoms with Gasteiger partial charge in [-0.25, -0.2) is 0 Å². The maximum absolute atomic E-state index is 6.45. The number of hydrogen-bond acceptors (Lipinski definition) is 2. The second-order valence-corrected chi connectivity index (χ2v) is 12.7. The smallest absolute Gasteiger partial charge is 0.143 e. The Balaban J connectivity index is 1.25. The monoisotopic (exact) mass is 604 g/mol. The number of rotatable bonds is 5. The first-order valence-electron chi connectivity index (χ1n) is 15.6. The summed E-state index contributed by atoms with van der Waals surface area (Å²) in [5.41, 5.74) is 11.4. The highest BCUT2D eigenvalue weighted by Gasteiger charge is 2.19. The lowest BCUT2D eigenvalue weighted by Gasteiger charge is -2.13. The third-order valence-corrected chi connectivity index (χ3v) is 10.2. The molecular weight excluding hydrogens is 577 g/mol. The zero-order chi connectivity index (χ0) is 30.5. The largest absolute Gasteiger partial charge is 0.455 e. The number of furan rings is 1. The van der Waals surface area contributed by atoms with Crippen molar-refractivity contribution in [1.82, 2.24) is 0 Å².